The summed E-state index contributed by atoms with van der Waals surface area (Å²) in [5, 5.41) is 17.3. The summed E-state index contributed by atoms with van der Waals surface area (Å²) in [5.41, 5.74) is -0.131. The van der Waals surface area contributed by atoms with Crippen LogP contribution in [0.4, 0.5) is 13.2 Å². The molecule has 0 heterocycles. The third-order valence-electron chi connectivity index (χ3n) is 2.20. The molecular formula is C11H8F3NO3. The summed E-state index contributed by atoms with van der Waals surface area (Å²) in [5.74, 6) is -1.83. The van der Waals surface area contributed by atoms with E-state index in [1.165, 1.54) is 13.0 Å². The first-order valence-electron chi connectivity index (χ1n) is 4.74. The number of carbonyl (C=O) groups is 1. The quantitative estimate of drug-likeness (QED) is 0.904. The maximum Gasteiger partial charge on any atom is 0.573 e. The Bertz CT molecular complexity index is 517. The minimum Gasteiger partial charge on any atom is -0.481 e. The SMILES string of the molecule is Cc1c(CC(=O)O)ccc(C#N)c1OC(F)(F)F. The molecular weight excluding hydrogens is 251 g/mol. The maximum absolute atomic E-state index is 12.2. The molecule has 0 spiro atoms. The summed E-state index contributed by atoms with van der Waals surface area (Å²) in [6.07, 6.45) is -5.37. The number of alkyl halides is 3. The summed E-state index contributed by atoms with van der Waals surface area (Å²) in [4.78, 5) is 10.5. The van der Waals surface area contributed by atoms with Crippen LogP contribution in [-0.4, -0.2) is 17.4 Å². The Hall–Kier alpha value is -2.23. The van der Waals surface area contributed by atoms with Gasteiger partial charge in [0.15, 0.2) is 0 Å². The summed E-state index contributed by atoms with van der Waals surface area (Å²) < 4.78 is 40.3. The van der Waals surface area contributed by atoms with Gasteiger partial charge >= 0.3 is 12.3 Å². The van der Waals surface area contributed by atoms with Gasteiger partial charge in [0.05, 0.1) is 12.0 Å². The highest BCUT2D eigenvalue weighted by atomic mass is 19.4. The first-order chi connectivity index (χ1) is 8.24. The Morgan fingerprint density at radius 3 is 2.56 bits per heavy atom. The molecule has 0 aliphatic heterocycles. The van der Waals surface area contributed by atoms with E-state index in [4.69, 9.17) is 10.4 Å². The zero-order valence-corrected chi connectivity index (χ0v) is 9.21. The van der Waals surface area contributed by atoms with Crippen LogP contribution in [0.5, 0.6) is 5.75 Å². The van der Waals surface area contributed by atoms with Crippen LogP contribution < -0.4 is 4.74 Å². The lowest BCUT2D eigenvalue weighted by molar-refractivity contribution is -0.274. The predicted octanol–water partition coefficient (Wildman–Crippen LogP) is 2.39. The molecule has 0 bridgehead atoms. The van der Waals surface area contributed by atoms with Crippen molar-refractivity contribution in [1.82, 2.24) is 0 Å². The topological polar surface area (TPSA) is 70.3 Å². The van der Waals surface area contributed by atoms with Crippen LogP contribution >= 0.6 is 0 Å². The molecule has 1 aromatic rings. The molecule has 0 amide bonds. The molecule has 0 radical (unpaired) electrons. The number of carboxylic acids is 1. The molecule has 1 N–H and O–H groups in total. The molecule has 1 rings (SSSR count). The molecule has 1 aromatic carbocycles. The summed E-state index contributed by atoms with van der Waals surface area (Å²) in [6, 6.07) is 3.97. The van der Waals surface area contributed by atoms with Crippen molar-refractivity contribution in [2.75, 3.05) is 0 Å². The van der Waals surface area contributed by atoms with Crippen LogP contribution in [0.1, 0.15) is 16.7 Å². The summed E-state index contributed by atoms with van der Waals surface area (Å²) in [6.45, 7) is 1.28. The van der Waals surface area contributed by atoms with Crippen LogP contribution in [0.2, 0.25) is 0 Å². The van der Waals surface area contributed by atoms with E-state index in [0.717, 1.165) is 6.07 Å². The number of nitrogens with zero attached hydrogens (tertiary/aromatic N) is 1. The van der Waals surface area contributed by atoms with Crippen LogP contribution in [0, 0.1) is 18.3 Å². The Kier molecular flexibility index (Phi) is 3.81. The molecule has 4 nitrogen and oxygen atoms in total. The van der Waals surface area contributed by atoms with E-state index in [1.807, 2.05) is 0 Å². The third-order valence-corrected chi connectivity index (χ3v) is 2.20. The average molecular weight is 259 g/mol. The van der Waals surface area contributed by atoms with Gasteiger partial charge in [0.25, 0.3) is 0 Å². The van der Waals surface area contributed by atoms with Crippen molar-refractivity contribution < 1.29 is 27.8 Å². The van der Waals surface area contributed by atoms with E-state index in [2.05, 4.69) is 4.74 Å². The molecule has 0 atom stereocenters. The van der Waals surface area contributed by atoms with E-state index in [0.29, 0.717) is 0 Å². The van der Waals surface area contributed by atoms with Crippen molar-refractivity contribution in [2.24, 2.45) is 0 Å². The molecule has 0 saturated heterocycles. The molecule has 0 fully saturated rings. The molecule has 0 aliphatic carbocycles. The largest absolute Gasteiger partial charge is 0.573 e. The number of ether oxygens (including phenoxy) is 1. The number of nitriles is 1. The lowest BCUT2D eigenvalue weighted by atomic mass is 10.0. The molecule has 7 heteroatoms. The number of aliphatic carboxylic acids is 1. The Balaban J connectivity index is 3.28. The van der Waals surface area contributed by atoms with Gasteiger partial charge in [0.2, 0.25) is 0 Å². The van der Waals surface area contributed by atoms with E-state index in [1.54, 1.807) is 6.07 Å². The molecule has 0 unspecified atom stereocenters. The van der Waals surface area contributed by atoms with Gasteiger partial charge < -0.3 is 9.84 Å². The van der Waals surface area contributed by atoms with Gasteiger partial charge in [-0.1, -0.05) is 6.07 Å². The highest BCUT2D eigenvalue weighted by Crippen LogP contribution is 2.31. The first kappa shape index (κ1) is 13.8. The highest BCUT2D eigenvalue weighted by Gasteiger charge is 2.33. The number of hydrogen-bond acceptors (Lipinski definition) is 3. The van der Waals surface area contributed by atoms with Crippen LogP contribution in [0.25, 0.3) is 0 Å². The van der Waals surface area contributed by atoms with Gasteiger partial charge in [-0.3, -0.25) is 4.79 Å². The van der Waals surface area contributed by atoms with Gasteiger partial charge in [-0.15, -0.1) is 13.2 Å². The normalized spacial score (nSPS) is 10.8. The second-order valence-electron chi connectivity index (χ2n) is 3.46. The molecule has 0 aromatic heterocycles. The maximum atomic E-state index is 12.2. The second-order valence-corrected chi connectivity index (χ2v) is 3.46. The van der Waals surface area contributed by atoms with Crippen molar-refractivity contribution >= 4 is 5.97 Å². The minimum atomic E-state index is -4.93. The van der Waals surface area contributed by atoms with E-state index in [-0.39, 0.29) is 16.7 Å². The van der Waals surface area contributed by atoms with E-state index >= 15 is 0 Å². The number of carboxylic acid groups (broad SMARTS) is 1. The molecule has 0 saturated carbocycles. The zero-order chi connectivity index (χ0) is 13.9. The number of benzene rings is 1. The molecule has 0 aliphatic rings. The fraction of sp³-hybridized carbons (Fsp3) is 0.273. The highest BCUT2D eigenvalue weighted by molar-refractivity contribution is 5.71. The van der Waals surface area contributed by atoms with Gasteiger partial charge in [0, 0.05) is 0 Å². The number of halogens is 3. The Morgan fingerprint density at radius 1 is 1.50 bits per heavy atom. The van der Waals surface area contributed by atoms with Crippen molar-refractivity contribution in [2.45, 2.75) is 19.7 Å². The third kappa shape index (κ3) is 3.38. The fourth-order valence-corrected chi connectivity index (χ4v) is 1.42. The lowest BCUT2D eigenvalue weighted by Crippen LogP contribution is -2.19. The fourth-order valence-electron chi connectivity index (χ4n) is 1.42. The minimum absolute atomic E-state index is 0.00576. The van der Waals surface area contributed by atoms with Gasteiger partial charge in [-0.2, -0.15) is 5.26 Å². The lowest BCUT2D eigenvalue weighted by Gasteiger charge is -2.14. The summed E-state index contributed by atoms with van der Waals surface area (Å²) >= 11 is 0. The number of hydrogen-bond donors (Lipinski definition) is 1. The second kappa shape index (κ2) is 4.96. The van der Waals surface area contributed by atoms with Gasteiger partial charge in [-0.05, 0) is 24.1 Å². The van der Waals surface area contributed by atoms with Crippen LogP contribution in [-0.2, 0) is 11.2 Å². The summed E-state index contributed by atoms with van der Waals surface area (Å²) in [7, 11) is 0. The standard InChI is InChI=1S/C11H8F3NO3/c1-6-7(4-9(16)17)2-3-8(5-15)10(6)18-11(12,13)14/h2-3H,4H2,1H3,(H,16,17). The van der Waals surface area contributed by atoms with Gasteiger partial charge in [-0.25, -0.2) is 0 Å². The van der Waals surface area contributed by atoms with Crippen LogP contribution in [0.3, 0.4) is 0 Å². The van der Waals surface area contributed by atoms with Crippen molar-refractivity contribution in [3.63, 3.8) is 0 Å². The monoisotopic (exact) mass is 259 g/mol. The van der Waals surface area contributed by atoms with Crippen molar-refractivity contribution in [1.29, 1.82) is 5.26 Å². The van der Waals surface area contributed by atoms with E-state index in [9.17, 15) is 18.0 Å². The van der Waals surface area contributed by atoms with Crippen LogP contribution in [0.15, 0.2) is 12.1 Å². The van der Waals surface area contributed by atoms with Gasteiger partial charge in [0.1, 0.15) is 11.8 Å². The first-order valence-corrected chi connectivity index (χ1v) is 4.74. The van der Waals surface area contributed by atoms with E-state index < -0.39 is 24.5 Å². The van der Waals surface area contributed by atoms with Crippen molar-refractivity contribution in [3.05, 3.63) is 28.8 Å². The average Bonchev–Trinajstić information content (AvgIpc) is 2.22. The Morgan fingerprint density at radius 2 is 2.11 bits per heavy atom. The smallest absolute Gasteiger partial charge is 0.481 e. The molecule has 18 heavy (non-hydrogen) atoms. The predicted molar refractivity (Wildman–Crippen MR) is 53.9 cm³/mol. The molecule has 96 valence electrons. The zero-order valence-electron chi connectivity index (χ0n) is 9.21. The Labute approximate surface area is 100 Å². The number of rotatable bonds is 3. The van der Waals surface area contributed by atoms with Crippen molar-refractivity contribution in [3.8, 4) is 11.8 Å².